The van der Waals surface area contributed by atoms with Crippen LogP contribution in [0.3, 0.4) is 0 Å². The molecular weight excluding hydrogens is 232 g/mol. The largest absolute Gasteiger partial charge is 0.396 e. The van der Waals surface area contributed by atoms with Gasteiger partial charge in [0.25, 0.3) is 0 Å². The van der Waals surface area contributed by atoms with Crippen molar-refractivity contribution in [1.82, 2.24) is 14.7 Å². The van der Waals surface area contributed by atoms with Crippen LogP contribution in [-0.2, 0) is 16.1 Å². The van der Waals surface area contributed by atoms with Crippen LogP contribution in [0.15, 0.2) is 0 Å². The number of hydrogen-bond donors (Lipinski definition) is 1. The Morgan fingerprint density at radius 2 is 2.17 bits per heavy atom. The number of aromatic nitrogens is 2. The van der Waals surface area contributed by atoms with E-state index < -0.39 is 0 Å². The second kappa shape index (κ2) is 6.39. The average Bonchev–Trinajstić information content (AvgIpc) is 2.57. The van der Waals surface area contributed by atoms with Gasteiger partial charge < -0.3 is 15.4 Å². The van der Waals surface area contributed by atoms with Gasteiger partial charge in [-0.2, -0.15) is 5.10 Å². The van der Waals surface area contributed by atoms with Crippen LogP contribution in [-0.4, -0.2) is 47.9 Å². The van der Waals surface area contributed by atoms with Gasteiger partial charge in [0, 0.05) is 27.3 Å². The second-order valence-electron chi connectivity index (χ2n) is 4.40. The number of amides is 1. The highest BCUT2D eigenvalue weighted by Crippen LogP contribution is 2.14. The van der Waals surface area contributed by atoms with Gasteiger partial charge in [-0.15, -0.1) is 0 Å². The monoisotopic (exact) mass is 254 g/mol. The Morgan fingerprint density at radius 3 is 2.67 bits per heavy atom. The van der Waals surface area contributed by atoms with Gasteiger partial charge in [0.05, 0.1) is 17.1 Å². The van der Waals surface area contributed by atoms with Crippen molar-refractivity contribution in [2.45, 2.75) is 26.8 Å². The molecule has 6 nitrogen and oxygen atoms in total. The van der Waals surface area contributed by atoms with Crippen molar-refractivity contribution >= 4 is 11.6 Å². The minimum Gasteiger partial charge on any atom is -0.396 e. The van der Waals surface area contributed by atoms with Gasteiger partial charge in [0.2, 0.25) is 5.91 Å². The summed E-state index contributed by atoms with van der Waals surface area (Å²) in [5.41, 5.74) is 8.09. The van der Waals surface area contributed by atoms with E-state index in [1.165, 1.54) is 0 Å². The Balaban J connectivity index is 2.56. The highest BCUT2D eigenvalue weighted by molar-refractivity contribution is 5.75. The van der Waals surface area contributed by atoms with Gasteiger partial charge in [-0.1, -0.05) is 0 Å². The summed E-state index contributed by atoms with van der Waals surface area (Å²) < 4.78 is 6.61. The van der Waals surface area contributed by atoms with E-state index in [0.29, 0.717) is 18.8 Å². The number of rotatable bonds is 6. The van der Waals surface area contributed by atoms with E-state index in [4.69, 9.17) is 10.5 Å². The minimum atomic E-state index is 0.0247. The van der Waals surface area contributed by atoms with Crippen LogP contribution >= 0.6 is 0 Å². The first-order valence-corrected chi connectivity index (χ1v) is 5.99. The number of nitrogens with two attached hydrogens (primary N) is 1. The van der Waals surface area contributed by atoms with E-state index in [0.717, 1.165) is 17.8 Å². The van der Waals surface area contributed by atoms with Crippen molar-refractivity contribution in [3.63, 3.8) is 0 Å². The van der Waals surface area contributed by atoms with Crippen LogP contribution in [0.25, 0.3) is 0 Å². The lowest BCUT2D eigenvalue weighted by Crippen LogP contribution is -2.32. The topological polar surface area (TPSA) is 73.4 Å². The molecule has 0 spiro atoms. The number of carbonyl (C=O) groups excluding carboxylic acids is 1. The molecule has 0 saturated heterocycles. The average molecular weight is 254 g/mol. The van der Waals surface area contributed by atoms with Gasteiger partial charge in [-0.3, -0.25) is 9.48 Å². The molecule has 0 saturated carbocycles. The number of nitrogens with zero attached hydrogens (tertiary/aromatic N) is 3. The van der Waals surface area contributed by atoms with Crippen molar-refractivity contribution in [1.29, 1.82) is 0 Å². The molecule has 0 aliphatic rings. The van der Waals surface area contributed by atoms with E-state index in [1.54, 1.807) is 23.7 Å². The minimum absolute atomic E-state index is 0.0247. The summed E-state index contributed by atoms with van der Waals surface area (Å²) in [4.78, 5) is 13.6. The lowest BCUT2D eigenvalue weighted by Gasteiger charge is -2.17. The number of carbonyl (C=O) groups is 1. The molecule has 102 valence electrons. The van der Waals surface area contributed by atoms with E-state index in [2.05, 4.69) is 5.10 Å². The molecule has 18 heavy (non-hydrogen) atoms. The molecular formula is C12H22N4O2. The quantitative estimate of drug-likeness (QED) is 0.754. The lowest BCUT2D eigenvalue weighted by molar-refractivity contribution is -0.130. The lowest BCUT2D eigenvalue weighted by atomic mass is 10.3. The number of ether oxygens (including phenoxy) is 1. The summed E-state index contributed by atoms with van der Waals surface area (Å²) in [6, 6.07) is 0. The summed E-state index contributed by atoms with van der Waals surface area (Å²) in [6.45, 7) is 5.28. The third-order valence-electron chi connectivity index (χ3n) is 2.99. The molecule has 6 heteroatoms. The highest BCUT2D eigenvalue weighted by Gasteiger charge is 2.14. The molecule has 0 atom stereocenters. The maximum Gasteiger partial charge on any atom is 0.244 e. The highest BCUT2D eigenvalue weighted by atomic mass is 16.5. The van der Waals surface area contributed by atoms with Gasteiger partial charge in [-0.05, 0) is 20.3 Å². The van der Waals surface area contributed by atoms with Gasteiger partial charge in [-0.25, -0.2) is 0 Å². The molecule has 0 aliphatic heterocycles. The molecule has 2 N–H and O–H groups in total. The van der Waals surface area contributed by atoms with Crippen molar-refractivity contribution in [3.05, 3.63) is 11.4 Å². The van der Waals surface area contributed by atoms with E-state index in [9.17, 15) is 4.79 Å². The standard InChI is InChI=1S/C12H22N4O2/c1-9-12(13)10(2)16(14-9)8-11(17)15(3)6-5-7-18-4/h5-8,13H2,1-4H3. The first-order valence-electron chi connectivity index (χ1n) is 5.99. The fraction of sp³-hybridized carbons (Fsp3) is 0.667. The maximum atomic E-state index is 12.0. The van der Waals surface area contributed by atoms with Gasteiger partial charge >= 0.3 is 0 Å². The fourth-order valence-electron chi connectivity index (χ4n) is 1.68. The summed E-state index contributed by atoms with van der Waals surface area (Å²) in [6.07, 6.45) is 0.831. The molecule has 0 unspecified atom stereocenters. The molecule has 0 fully saturated rings. The SMILES string of the molecule is COCCCN(C)C(=O)Cn1nc(C)c(N)c1C. The number of hydrogen-bond acceptors (Lipinski definition) is 4. The smallest absolute Gasteiger partial charge is 0.244 e. The third-order valence-corrected chi connectivity index (χ3v) is 2.99. The molecule has 1 aromatic heterocycles. The molecule has 0 aliphatic carbocycles. The zero-order valence-electron chi connectivity index (χ0n) is 11.6. The van der Waals surface area contributed by atoms with Crippen LogP contribution in [0.2, 0.25) is 0 Å². The number of anilines is 1. The first kappa shape index (κ1) is 14.5. The van der Waals surface area contributed by atoms with Crippen LogP contribution in [0, 0.1) is 13.8 Å². The van der Waals surface area contributed by atoms with Crippen molar-refractivity contribution < 1.29 is 9.53 Å². The van der Waals surface area contributed by atoms with Crippen molar-refractivity contribution in [2.75, 3.05) is 33.0 Å². The fourth-order valence-corrected chi connectivity index (χ4v) is 1.68. The number of nitrogen functional groups attached to an aromatic ring is 1. The summed E-state index contributed by atoms with van der Waals surface area (Å²) in [7, 11) is 3.44. The Morgan fingerprint density at radius 1 is 1.50 bits per heavy atom. The number of methoxy groups -OCH3 is 1. The summed E-state index contributed by atoms with van der Waals surface area (Å²) in [5, 5.41) is 4.25. The van der Waals surface area contributed by atoms with Crippen molar-refractivity contribution in [2.24, 2.45) is 0 Å². The number of likely N-dealkylation sites (N-methyl/N-ethyl adjacent to an activating group) is 1. The molecule has 1 heterocycles. The van der Waals surface area contributed by atoms with Crippen LogP contribution in [0.5, 0.6) is 0 Å². The van der Waals surface area contributed by atoms with E-state index >= 15 is 0 Å². The molecule has 1 aromatic rings. The second-order valence-corrected chi connectivity index (χ2v) is 4.40. The van der Waals surface area contributed by atoms with Gasteiger partial charge in [0.15, 0.2) is 0 Å². The molecule has 0 bridgehead atoms. The predicted octanol–water partition coefficient (Wildman–Crippen LogP) is 0.577. The Bertz CT molecular complexity index is 414. The summed E-state index contributed by atoms with van der Waals surface area (Å²) in [5.74, 6) is 0.0247. The molecule has 1 amide bonds. The van der Waals surface area contributed by atoms with Gasteiger partial charge in [0.1, 0.15) is 6.54 Å². The van der Waals surface area contributed by atoms with E-state index in [-0.39, 0.29) is 12.5 Å². The zero-order chi connectivity index (χ0) is 13.7. The third kappa shape index (κ3) is 3.46. The summed E-state index contributed by atoms with van der Waals surface area (Å²) >= 11 is 0. The Kier molecular flexibility index (Phi) is 5.15. The van der Waals surface area contributed by atoms with Crippen LogP contribution in [0.4, 0.5) is 5.69 Å². The Labute approximate surface area is 108 Å². The normalized spacial score (nSPS) is 10.7. The predicted molar refractivity (Wildman–Crippen MR) is 70.2 cm³/mol. The van der Waals surface area contributed by atoms with Crippen LogP contribution in [0.1, 0.15) is 17.8 Å². The molecule has 0 aromatic carbocycles. The molecule has 0 radical (unpaired) electrons. The number of aryl methyl sites for hydroxylation is 1. The maximum absolute atomic E-state index is 12.0. The van der Waals surface area contributed by atoms with Crippen molar-refractivity contribution in [3.8, 4) is 0 Å². The molecule has 1 rings (SSSR count). The first-order chi connectivity index (χ1) is 8.47. The van der Waals surface area contributed by atoms with E-state index in [1.807, 2.05) is 13.8 Å². The zero-order valence-corrected chi connectivity index (χ0v) is 11.6. The van der Waals surface area contributed by atoms with Crippen LogP contribution < -0.4 is 5.73 Å². The Hall–Kier alpha value is -1.56.